The normalized spacial score (nSPS) is 17.7. The minimum atomic E-state index is -3.83. The van der Waals surface area contributed by atoms with Gasteiger partial charge in [0.25, 0.3) is 0 Å². The predicted molar refractivity (Wildman–Crippen MR) is 145 cm³/mol. The van der Waals surface area contributed by atoms with Crippen LogP contribution in [0, 0.1) is 0 Å². The number of ether oxygens (including phenoxy) is 1. The number of hydrogen-bond acceptors (Lipinski definition) is 5. The zero-order valence-electron chi connectivity index (χ0n) is 20.5. The lowest BCUT2D eigenvalue weighted by atomic mass is 9.93. The lowest BCUT2D eigenvalue weighted by molar-refractivity contribution is -0.133. The number of amides is 1. The summed E-state index contributed by atoms with van der Waals surface area (Å²) in [7, 11) is -2.20. The van der Waals surface area contributed by atoms with Crippen LogP contribution in [0.5, 0.6) is 5.75 Å². The molecule has 0 radical (unpaired) electrons. The van der Waals surface area contributed by atoms with Crippen LogP contribution in [-0.4, -0.2) is 49.8 Å². The van der Waals surface area contributed by atoms with Crippen molar-refractivity contribution in [3.05, 3.63) is 94.2 Å². The number of hydrogen-bond donors (Lipinski definition) is 0. The topological polar surface area (TPSA) is 66.9 Å². The van der Waals surface area contributed by atoms with Crippen LogP contribution in [0.4, 0.5) is 0 Å². The van der Waals surface area contributed by atoms with Gasteiger partial charge in [-0.2, -0.15) is 4.31 Å². The maximum absolute atomic E-state index is 13.9. The number of fused-ring (bicyclic) bond motifs is 2. The largest absolute Gasteiger partial charge is 0.497 e. The van der Waals surface area contributed by atoms with Gasteiger partial charge >= 0.3 is 0 Å². The van der Waals surface area contributed by atoms with Crippen molar-refractivity contribution in [2.75, 3.05) is 20.2 Å². The molecule has 0 spiro atoms. The van der Waals surface area contributed by atoms with E-state index in [1.807, 2.05) is 59.5 Å². The van der Waals surface area contributed by atoms with Crippen molar-refractivity contribution >= 4 is 38.0 Å². The van der Waals surface area contributed by atoms with Gasteiger partial charge in [-0.05, 0) is 76.9 Å². The molecule has 37 heavy (non-hydrogen) atoms. The van der Waals surface area contributed by atoms with Crippen LogP contribution in [0.1, 0.15) is 34.9 Å². The smallest absolute Gasteiger partial charge is 0.243 e. The summed E-state index contributed by atoms with van der Waals surface area (Å²) in [4.78, 5) is 17.2. The molecule has 1 aromatic heterocycles. The van der Waals surface area contributed by atoms with Crippen molar-refractivity contribution in [1.82, 2.24) is 9.21 Å². The molecule has 6 rings (SSSR count). The van der Waals surface area contributed by atoms with E-state index >= 15 is 0 Å². The maximum Gasteiger partial charge on any atom is 0.243 e. The molecule has 1 aliphatic carbocycles. The molecule has 2 aliphatic rings. The van der Waals surface area contributed by atoms with Crippen molar-refractivity contribution in [3.8, 4) is 5.75 Å². The molecule has 1 amide bonds. The van der Waals surface area contributed by atoms with Gasteiger partial charge in [-0.25, -0.2) is 8.42 Å². The van der Waals surface area contributed by atoms with E-state index in [9.17, 15) is 13.2 Å². The predicted octanol–water partition coefficient (Wildman–Crippen LogP) is 5.24. The Hall–Kier alpha value is -3.20. The summed E-state index contributed by atoms with van der Waals surface area (Å²) in [6.45, 7) is 0.392. The molecule has 3 aromatic carbocycles. The highest BCUT2D eigenvalue weighted by atomic mass is 32.2. The number of rotatable bonds is 7. The molecule has 190 valence electrons. The Morgan fingerprint density at radius 1 is 1.03 bits per heavy atom. The van der Waals surface area contributed by atoms with Crippen LogP contribution in [0.2, 0.25) is 0 Å². The molecule has 1 atom stereocenters. The molecular weight excluding hydrogens is 504 g/mol. The zero-order chi connectivity index (χ0) is 25.6. The number of nitrogens with zero attached hydrogens (tertiary/aromatic N) is 2. The summed E-state index contributed by atoms with van der Waals surface area (Å²) in [5.41, 5.74) is 2.11. The summed E-state index contributed by atoms with van der Waals surface area (Å²) < 4.78 is 34.3. The van der Waals surface area contributed by atoms with Crippen LogP contribution < -0.4 is 4.74 Å². The molecule has 0 saturated heterocycles. The van der Waals surface area contributed by atoms with E-state index in [1.165, 1.54) is 9.18 Å². The summed E-state index contributed by atoms with van der Waals surface area (Å²) in [6, 6.07) is 22.4. The molecule has 2 heterocycles. The van der Waals surface area contributed by atoms with Gasteiger partial charge in [-0.1, -0.05) is 42.5 Å². The fourth-order valence-corrected chi connectivity index (χ4v) is 7.77. The lowest BCUT2D eigenvalue weighted by Crippen LogP contribution is -2.47. The highest BCUT2D eigenvalue weighted by Crippen LogP contribution is 2.39. The summed E-state index contributed by atoms with van der Waals surface area (Å²) >= 11 is 1.71. The van der Waals surface area contributed by atoms with Gasteiger partial charge in [0, 0.05) is 17.5 Å². The minimum absolute atomic E-state index is 0.138. The standard InChI is InChI=1S/C29H28N2O4S2/c1-35-24-11-6-21(7-12-24)29-26-15-17-36-27(26)14-16-30(29)28(32)19-31(23-9-10-23)37(33,34)25-13-8-20-4-2-3-5-22(20)18-25/h2-8,11-13,15,17-18,23,29H,9-10,14,16,19H2,1H3/t29-/m0/s1. The van der Waals surface area contributed by atoms with Crippen LogP contribution >= 0.6 is 11.3 Å². The quantitative estimate of drug-likeness (QED) is 0.327. The summed E-state index contributed by atoms with van der Waals surface area (Å²) in [5.74, 6) is 0.582. The Morgan fingerprint density at radius 3 is 2.51 bits per heavy atom. The first-order chi connectivity index (χ1) is 18.0. The number of methoxy groups -OCH3 is 1. The first-order valence-corrected chi connectivity index (χ1v) is 14.8. The monoisotopic (exact) mass is 532 g/mol. The van der Waals surface area contributed by atoms with Crippen molar-refractivity contribution in [3.63, 3.8) is 0 Å². The molecule has 0 unspecified atom stereocenters. The van der Waals surface area contributed by atoms with Crippen molar-refractivity contribution in [1.29, 1.82) is 0 Å². The zero-order valence-corrected chi connectivity index (χ0v) is 22.2. The second-order valence-electron chi connectivity index (χ2n) is 9.60. The highest BCUT2D eigenvalue weighted by Gasteiger charge is 2.42. The number of carbonyl (C=O) groups excluding carboxylic acids is 1. The average Bonchev–Trinajstić information content (AvgIpc) is 3.65. The van der Waals surface area contributed by atoms with Crippen LogP contribution in [0.15, 0.2) is 83.1 Å². The molecule has 0 bridgehead atoms. The fraction of sp³-hybridized carbons (Fsp3) is 0.276. The molecule has 0 N–H and O–H groups in total. The van der Waals surface area contributed by atoms with Crippen molar-refractivity contribution in [2.45, 2.75) is 36.2 Å². The molecular formula is C29H28N2O4S2. The van der Waals surface area contributed by atoms with E-state index in [2.05, 4.69) is 11.4 Å². The van der Waals surface area contributed by atoms with E-state index in [0.717, 1.165) is 46.9 Å². The number of sulfonamides is 1. The third-order valence-corrected chi connectivity index (χ3v) is 10.2. The van der Waals surface area contributed by atoms with Gasteiger partial charge in [0.2, 0.25) is 15.9 Å². The van der Waals surface area contributed by atoms with Gasteiger partial charge in [-0.15, -0.1) is 11.3 Å². The number of thiophene rings is 1. The van der Waals surface area contributed by atoms with Gasteiger partial charge in [0.1, 0.15) is 5.75 Å². The second-order valence-corrected chi connectivity index (χ2v) is 12.5. The van der Waals surface area contributed by atoms with Gasteiger partial charge in [0.05, 0.1) is 24.6 Å². The SMILES string of the molecule is COc1ccc([C@H]2c3ccsc3CCN2C(=O)CN(C2CC2)S(=O)(=O)c2ccc3ccccc3c2)cc1. The van der Waals surface area contributed by atoms with Gasteiger partial charge in [0.15, 0.2) is 0 Å². The van der Waals surface area contributed by atoms with Crippen LogP contribution in [0.25, 0.3) is 10.8 Å². The summed E-state index contributed by atoms with van der Waals surface area (Å²) in [5, 5.41) is 3.92. The average molecular weight is 533 g/mol. The number of carbonyl (C=O) groups is 1. The van der Waals surface area contributed by atoms with Gasteiger partial charge in [-0.3, -0.25) is 4.79 Å². The van der Waals surface area contributed by atoms with Crippen molar-refractivity contribution < 1.29 is 17.9 Å². The fourth-order valence-electron chi connectivity index (χ4n) is 5.19. The summed E-state index contributed by atoms with van der Waals surface area (Å²) in [6.07, 6.45) is 2.32. The van der Waals surface area contributed by atoms with E-state index in [0.29, 0.717) is 6.54 Å². The molecule has 1 fully saturated rings. The highest BCUT2D eigenvalue weighted by molar-refractivity contribution is 7.89. The van der Waals surface area contributed by atoms with E-state index in [1.54, 1.807) is 30.6 Å². The molecule has 8 heteroatoms. The Balaban J connectivity index is 1.32. The third-order valence-electron chi connectivity index (χ3n) is 7.29. The molecule has 1 saturated carbocycles. The first-order valence-electron chi connectivity index (χ1n) is 12.5. The van der Waals surface area contributed by atoms with Crippen LogP contribution in [0.3, 0.4) is 0 Å². The maximum atomic E-state index is 13.9. The third kappa shape index (κ3) is 4.54. The Bertz CT molecular complexity index is 1560. The molecule has 1 aliphatic heterocycles. The lowest BCUT2D eigenvalue weighted by Gasteiger charge is -2.37. The number of benzene rings is 3. The Morgan fingerprint density at radius 2 is 1.78 bits per heavy atom. The molecule has 4 aromatic rings. The van der Waals surface area contributed by atoms with E-state index in [4.69, 9.17) is 4.74 Å². The molecule has 6 nitrogen and oxygen atoms in total. The minimum Gasteiger partial charge on any atom is -0.497 e. The van der Waals surface area contributed by atoms with Crippen molar-refractivity contribution in [2.24, 2.45) is 0 Å². The van der Waals surface area contributed by atoms with E-state index in [-0.39, 0.29) is 29.4 Å². The first kappa shape index (κ1) is 24.2. The van der Waals surface area contributed by atoms with E-state index < -0.39 is 10.0 Å². The second kappa shape index (κ2) is 9.59. The Kier molecular flexibility index (Phi) is 6.26. The Labute approximate surface area is 221 Å². The van der Waals surface area contributed by atoms with Gasteiger partial charge < -0.3 is 9.64 Å². The van der Waals surface area contributed by atoms with Crippen LogP contribution in [-0.2, 0) is 21.2 Å².